The average molecular weight is 233 g/mol. The Morgan fingerprint density at radius 1 is 1.59 bits per heavy atom. The number of hydrogen-bond acceptors (Lipinski definition) is 4. The van der Waals surface area contributed by atoms with Crippen LogP contribution in [0.2, 0.25) is 0 Å². The van der Waals surface area contributed by atoms with Crippen LogP contribution in [0.25, 0.3) is 0 Å². The Morgan fingerprint density at radius 2 is 2.41 bits per heavy atom. The molecule has 90 valence electrons. The molecule has 0 aromatic carbocycles. The van der Waals surface area contributed by atoms with Crippen molar-refractivity contribution in [3.05, 3.63) is 18.2 Å². The fourth-order valence-corrected chi connectivity index (χ4v) is 2.93. The molecule has 0 saturated heterocycles. The molecule has 0 saturated carbocycles. The van der Waals surface area contributed by atoms with E-state index in [-0.39, 0.29) is 23.8 Å². The molecule has 4 unspecified atom stereocenters. The highest BCUT2D eigenvalue weighted by molar-refractivity contribution is 5.92. The lowest BCUT2D eigenvalue weighted by molar-refractivity contribution is -0.143. The molecule has 17 heavy (non-hydrogen) atoms. The van der Waals surface area contributed by atoms with E-state index in [1.165, 1.54) is 7.11 Å². The van der Waals surface area contributed by atoms with Crippen LogP contribution in [0.4, 0.5) is 0 Å². The SMILES string of the molecule is COC(=O)C1C=NC2CC(C)n3ccnc3C21. The molecular formula is C12H15N3O2. The Hall–Kier alpha value is -1.65. The summed E-state index contributed by atoms with van der Waals surface area (Å²) in [7, 11) is 1.42. The minimum atomic E-state index is -0.279. The molecule has 1 aromatic rings. The van der Waals surface area contributed by atoms with Gasteiger partial charge in [-0.3, -0.25) is 9.79 Å². The van der Waals surface area contributed by atoms with Gasteiger partial charge >= 0.3 is 5.97 Å². The molecule has 0 radical (unpaired) electrons. The van der Waals surface area contributed by atoms with E-state index in [0.29, 0.717) is 6.04 Å². The summed E-state index contributed by atoms with van der Waals surface area (Å²) in [5, 5.41) is 0. The summed E-state index contributed by atoms with van der Waals surface area (Å²) in [6.45, 7) is 2.16. The van der Waals surface area contributed by atoms with E-state index >= 15 is 0 Å². The Morgan fingerprint density at radius 3 is 3.18 bits per heavy atom. The van der Waals surface area contributed by atoms with Gasteiger partial charge in [0.15, 0.2) is 0 Å². The van der Waals surface area contributed by atoms with E-state index in [0.717, 1.165) is 12.2 Å². The van der Waals surface area contributed by atoms with Gasteiger partial charge in [-0.15, -0.1) is 0 Å². The maximum atomic E-state index is 11.7. The second-order valence-corrected chi connectivity index (χ2v) is 4.72. The average Bonchev–Trinajstić information content (AvgIpc) is 2.92. The van der Waals surface area contributed by atoms with Crippen LogP contribution in [0.15, 0.2) is 17.4 Å². The van der Waals surface area contributed by atoms with Crippen LogP contribution in [0.3, 0.4) is 0 Å². The van der Waals surface area contributed by atoms with Crippen molar-refractivity contribution in [2.45, 2.75) is 31.3 Å². The van der Waals surface area contributed by atoms with Crippen molar-refractivity contribution in [3.8, 4) is 0 Å². The fourth-order valence-electron chi connectivity index (χ4n) is 2.93. The monoisotopic (exact) mass is 233 g/mol. The van der Waals surface area contributed by atoms with Crippen molar-refractivity contribution < 1.29 is 9.53 Å². The zero-order valence-corrected chi connectivity index (χ0v) is 9.91. The highest BCUT2D eigenvalue weighted by Gasteiger charge is 2.45. The topological polar surface area (TPSA) is 56.5 Å². The van der Waals surface area contributed by atoms with Gasteiger partial charge in [0.05, 0.1) is 19.1 Å². The molecule has 0 fully saturated rings. The number of rotatable bonds is 1. The number of methoxy groups -OCH3 is 1. The number of ether oxygens (including phenoxy) is 1. The number of esters is 1. The van der Waals surface area contributed by atoms with Gasteiger partial charge in [0.1, 0.15) is 11.7 Å². The molecule has 5 heteroatoms. The molecule has 0 bridgehead atoms. The van der Waals surface area contributed by atoms with E-state index < -0.39 is 0 Å². The van der Waals surface area contributed by atoms with Gasteiger partial charge in [-0.05, 0) is 13.3 Å². The predicted octanol–water partition coefficient (Wildman–Crippen LogP) is 1.17. The quantitative estimate of drug-likeness (QED) is 0.684. The molecule has 1 aromatic heterocycles. The maximum Gasteiger partial charge on any atom is 0.314 e. The Kier molecular flexibility index (Phi) is 2.28. The normalized spacial score (nSPS) is 34.2. The molecule has 3 heterocycles. The number of hydrogen-bond donors (Lipinski definition) is 0. The standard InChI is InChI=1S/C12H15N3O2/c1-7-5-9-10(11-13-3-4-15(7)11)8(6-14-9)12(16)17-2/h3-4,6-10H,5H2,1-2H3. The van der Waals surface area contributed by atoms with Gasteiger partial charge in [-0.25, -0.2) is 4.98 Å². The molecule has 0 spiro atoms. The van der Waals surface area contributed by atoms with E-state index in [1.807, 2.05) is 6.20 Å². The molecule has 4 atom stereocenters. The van der Waals surface area contributed by atoms with Crippen molar-refractivity contribution in [1.82, 2.24) is 9.55 Å². The fraction of sp³-hybridized carbons (Fsp3) is 0.583. The number of fused-ring (bicyclic) bond motifs is 3. The first-order chi connectivity index (χ1) is 8.22. The van der Waals surface area contributed by atoms with Gasteiger partial charge in [-0.1, -0.05) is 0 Å². The lowest BCUT2D eigenvalue weighted by Gasteiger charge is -2.32. The van der Waals surface area contributed by atoms with E-state index in [9.17, 15) is 4.79 Å². The number of carbonyl (C=O) groups excluding carboxylic acids is 1. The van der Waals surface area contributed by atoms with Crippen LogP contribution in [-0.4, -0.2) is 34.9 Å². The van der Waals surface area contributed by atoms with Crippen molar-refractivity contribution in [1.29, 1.82) is 0 Å². The summed E-state index contributed by atoms with van der Waals surface area (Å²) >= 11 is 0. The van der Waals surface area contributed by atoms with Crippen molar-refractivity contribution >= 4 is 12.2 Å². The molecule has 5 nitrogen and oxygen atoms in total. The van der Waals surface area contributed by atoms with E-state index in [1.54, 1.807) is 12.4 Å². The molecule has 0 N–H and O–H groups in total. The third-order valence-electron chi connectivity index (χ3n) is 3.77. The lowest BCUT2D eigenvalue weighted by atomic mass is 9.83. The number of aliphatic imine (C=N–C) groups is 1. The van der Waals surface area contributed by atoms with Crippen LogP contribution in [0.5, 0.6) is 0 Å². The van der Waals surface area contributed by atoms with Crippen molar-refractivity contribution in [3.63, 3.8) is 0 Å². The largest absolute Gasteiger partial charge is 0.469 e. The van der Waals surface area contributed by atoms with Crippen LogP contribution < -0.4 is 0 Å². The number of carbonyl (C=O) groups is 1. The van der Waals surface area contributed by atoms with Gasteiger partial charge in [0.25, 0.3) is 0 Å². The second-order valence-electron chi connectivity index (χ2n) is 4.72. The first kappa shape index (κ1) is 10.5. The third-order valence-corrected chi connectivity index (χ3v) is 3.77. The van der Waals surface area contributed by atoms with Crippen LogP contribution >= 0.6 is 0 Å². The van der Waals surface area contributed by atoms with Crippen LogP contribution in [-0.2, 0) is 9.53 Å². The Bertz CT molecular complexity index is 480. The number of aromatic nitrogens is 2. The number of imidazole rings is 1. The van der Waals surface area contributed by atoms with E-state index in [4.69, 9.17) is 4.74 Å². The smallest absolute Gasteiger partial charge is 0.314 e. The lowest BCUT2D eigenvalue weighted by Crippen LogP contribution is -2.34. The summed E-state index contributed by atoms with van der Waals surface area (Å²) in [5.74, 6) is 0.513. The van der Waals surface area contributed by atoms with Gasteiger partial charge in [-0.2, -0.15) is 0 Å². The summed E-state index contributed by atoms with van der Waals surface area (Å²) < 4.78 is 6.98. The summed E-state index contributed by atoms with van der Waals surface area (Å²) in [6.07, 6.45) is 6.46. The summed E-state index contributed by atoms with van der Waals surface area (Å²) in [4.78, 5) is 20.6. The number of nitrogens with zero attached hydrogens (tertiary/aromatic N) is 3. The highest BCUT2D eigenvalue weighted by atomic mass is 16.5. The predicted molar refractivity (Wildman–Crippen MR) is 62.1 cm³/mol. The molecule has 2 aliphatic heterocycles. The summed E-state index contributed by atoms with van der Waals surface area (Å²) in [6, 6.07) is 0.561. The molecule has 0 aliphatic carbocycles. The first-order valence-corrected chi connectivity index (χ1v) is 5.86. The molecule has 2 aliphatic rings. The Labute approximate surface area is 99.5 Å². The van der Waals surface area contributed by atoms with Crippen LogP contribution in [0.1, 0.15) is 31.1 Å². The van der Waals surface area contributed by atoms with Gasteiger partial charge < -0.3 is 9.30 Å². The Balaban J connectivity index is 2.01. The van der Waals surface area contributed by atoms with Gasteiger partial charge in [0, 0.05) is 24.7 Å². The molecule has 0 amide bonds. The van der Waals surface area contributed by atoms with Gasteiger partial charge in [0.2, 0.25) is 0 Å². The van der Waals surface area contributed by atoms with Crippen molar-refractivity contribution in [2.24, 2.45) is 10.9 Å². The summed E-state index contributed by atoms with van der Waals surface area (Å²) in [5.41, 5.74) is 0. The maximum absolute atomic E-state index is 11.7. The second kappa shape index (κ2) is 3.68. The first-order valence-electron chi connectivity index (χ1n) is 5.86. The minimum absolute atomic E-state index is 0.0497. The van der Waals surface area contributed by atoms with Crippen LogP contribution in [0, 0.1) is 5.92 Å². The zero-order valence-electron chi connectivity index (χ0n) is 9.91. The van der Waals surface area contributed by atoms with E-state index in [2.05, 4.69) is 21.5 Å². The molecular weight excluding hydrogens is 218 g/mol. The zero-order chi connectivity index (χ0) is 12.0. The third kappa shape index (κ3) is 1.41. The molecule has 3 rings (SSSR count). The van der Waals surface area contributed by atoms with Crippen molar-refractivity contribution in [2.75, 3.05) is 7.11 Å². The minimum Gasteiger partial charge on any atom is -0.469 e. The highest BCUT2D eigenvalue weighted by Crippen LogP contribution is 2.42.